The van der Waals surface area contributed by atoms with Gasteiger partial charge in [0.05, 0.1) is 10.5 Å². The van der Waals surface area contributed by atoms with Crippen LogP contribution in [0.1, 0.15) is 40.4 Å². The van der Waals surface area contributed by atoms with Gasteiger partial charge in [0.25, 0.3) is 5.91 Å². The molecule has 26 heavy (non-hydrogen) atoms. The number of carbonyl (C=O) groups is 1. The van der Waals surface area contributed by atoms with E-state index in [0.717, 1.165) is 35.4 Å². The molecule has 2 aromatic rings. The quantitative estimate of drug-likeness (QED) is 0.838. The fourth-order valence-corrected chi connectivity index (χ4v) is 5.18. The minimum absolute atomic E-state index is 0.0775. The van der Waals surface area contributed by atoms with Crippen molar-refractivity contribution in [3.05, 3.63) is 22.8 Å². The molecule has 1 amide bonds. The molecule has 1 unspecified atom stereocenters. The zero-order chi connectivity index (χ0) is 18.1. The second-order valence-electron chi connectivity index (χ2n) is 7.19. The Morgan fingerprint density at radius 1 is 1.42 bits per heavy atom. The SMILES string of the molecule is CNC(=O)c1sc2nccnc2c1C1CCN(CC2(O)CCOCC2)C1. The third kappa shape index (κ3) is 3.34. The van der Waals surface area contributed by atoms with Gasteiger partial charge in [-0.05, 0) is 13.0 Å². The maximum atomic E-state index is 12.4. The third-order valence-corrected chi connectivity index (χ3v) is 6.52. The molecule has 2 fully saturated rings. The fourth-order valence-electron chi connectivity index (χ4n) is 4.04. The first-order valence-electron chi connectivity index (χ1n) is 9.07. The van der Waals surface area contributed by atoms with Gasteiger partial charge in [-0.3, -0.25) is 14.7 Å². The molecule has 7 nitrogen and oxygen atoms in total. The Hall–Kier alpha value is -1.61. The van der Waals surface area contributed by atoms with E-state index in [0.29, 0.717) is 37.5 Å². The van der Waals surface area contributed by atoms with Crippen LogP contribution < -0.4 is 5.32 Å². The number of thiophene rings is 1. The van der Waals surface area contributed by atoms with Gasteiger partial charge in [-0.2, -0.15) is 0 Å². The van der Waals surface area contributed by atoms with Crippen molar-refractivity contribution in [2.75, 3.05) is 39.9 Å². The van der Waals surface area contributed by atoms with Crippen molar-refractivity contribution in [2.45, 2.75) is 30.8 Å². The first-order chi connectivity index (χ1) is 12.6. The van der Waals surface area contributed by atoms with Crippen LogP contribution in [-0.2, 0) is 4.74 Å². The van der Waals surface area contributed by atoms with Gasteiger partial charge in [-0.1, -0.05) is 0 Å². The summed E-state index contributed by atoms with van der Waals surface area (Å²) in [6.45, 7) is 3.66. The van der Waals surface area contributed by atoms with Crippen molar-refractivity contribution in [3.63, 3.8) is 0 Å². The summed E-state index contributed by atoms with van der Waals surface area (Å²) in [7, 11) is 1.65. The van der Waals surface area contributed by atoms with Gasteiger partial charge in [0.2, 0.25) is 0 Å². The molecule has 1 atom stereocenters. The first kappa shape index (κ1) is 17.8. The number of amides is 1. The predicted molar refractivity (Wildman–Crippen MR) is 99.6 cm³/mol. The van der Waals surface area contributed by atoms with Crippen LogP contribution in [0.25, 0.3) is 10.3 Å². The predicted octanol–water partition coefficient (Wildman–Crippen LogP) is 1.38. The lowest BCUT2D eigenvalue weighted by molar-refractivity contribution is -0.0773. The van der Waals surface area contributed by atoms with E-state index in [1.54, 1.807) is 19.4 Å². The van der Waals surface area contributed by atoms with Crippen LogP contribution in [0, 0.1) is 0 Å². The maximum absolute atomic E-state index is 12.4. The lowest BCUT2D eigenvalue weighted by Crippen LogP contribution is -2.46. The highest BCUT2D eigenvalue weighted by Crippen LogP contribution is 2.39. The average molecular weight is 376 g/mol. The van der Waals surface area contributed by atoms with E-state index < -0.39 is 5.60 Å². The van der Waals surface area contributed by atoms with Crippen molar-refractivity contribution >= 4 is 27.6 Å². The molecule has 0 aliphatic carbocycles. The van der Waals surface area contributed by atoms with Crippen molar-refractivity contribution in [1.29, 1.82) is 0 Å². The Morgan fingerprint density at radius 2 is 2.19 bits per heavy atom. The van der Waals surface area contributed by atoms with Gasteiger partial charge >= 0.3 is 0 Å². The maximum Gasteiger partial charge on any atom is 0.261 e. The molecule has 2 aliphatic heterocycles. The number of fused-ring (bicyclic) bond motifs is 1. The normalized spacial score (nSPS) is 23.4. The molecule has 2 N–H and O–H groups in total. The van der Waals surface area contributed by atoms with Crippen LogP contribution in [0.3, 0.4) is 0 Å². The Kier molecular flexibility index (Phi) is 4.92. The summed E-state index contributed by atoms with van der Waals surface area (Å²) in [6, 6.07) is 0. The van der Waals surface area contributed by atoms with Crippen LogP contribution in [0.15, 0.2) is 12.4 Å². The van der Waals surface area contributed by atoms with Crippen LogP contribution in [0.5, 0.6) is 0 Å². The lowest BCUT2D eigenvalue weighted by atomic mass is 9.93. The molecule has 0 aromatic carbocycles. The number of likely N-dealkylation sites (tertiary alicyclic amines) is 1. The number of nitrogens with one attached hydrogen (secondary N) is 1. The highest BCUT2D eigenvalue weighted by Gasteiger charge is 2.37. The second-order valence-corrected chi connectivity index (χ2v) is 8.19. The van der Waals surface area contributed by atoms with Crippen molar-refractivity contribution in [1.82, 2.24) is 20.2 Å². The number of rotatable bonds is 4. The van der Waals surface area contributed by atoms with Gasteiger partial charge in [-0.25, -0.2) is 4.98 Å². The smallest absolute Gasteiger partial charge is 0.261 e. The number of ether oxygens (including phenoxy) is 1. The standard InChI is InChI=1S/C18H24N4O3S/c1-19-16(23)15-13(14-17(26-15)21-6-5-20-14)12-2-7-22(10-12)11-18(24)3-8-25-9-4-18/h5-6,12,24H,2-4,7-11H2,1H3,(H,19,23). The summed E-state index contributed by atoms with van der Waals surface area (Å²) < 4.78 is 5.38. The molecule has 0 bridgehead atoms. The largest absolute Gasteiger partial charge is 0.388 e. The molecule has 0 radical (unpaired) electrons. The van der Waals surface area contributed by atoms with Crippen molar-refractivity contribution < 1.29 is 14.6 Å². The molecule has 2 aromatic heterocycles. The molecule has 4 rings (SSSR count). The van der Waals surface area contributed by atoms with E-state index in [-0.39, 0.29) is 11.8 Å². The van der Waals surface area contributed by atoms with Crippen molar-refractivity contribution in [3.8, 4) is 0 Å². The number of aromatic nitrogens is 2. The van der Waals surface area contributed by atoms with E-state index in [1.165, 1.54) is 11.3 Å². The van der Waals surface area contributed by atoms with Gasteiger partial charge in [0.15, 0.2) is 0 Å². The van der Waals surface area contributed by atoms with Crippen LogP contribution in [0.4, 0.5) is 0 Å². The summed E-state index contributed by atoms with van der Waals surface area (Å²) in [5, 5.41) is 13.5. The molecule has 8 heteroatoms. The van der Waals surface area contributed by atoms with Crippen molar-refractivity contribution in [2.24, 2.45) is 0 Å². The highest BCUT2D eigenvalue weighted by atomic mass is 32.1. The molecule has 2 saturated heterocycles. The molecular weight excluding hydrogens is 352 g/mol. The zero-order valence-electron chi connectivity index (χ0n) is 14.9. The molecule has 2 aliphatic rings. The van der Waals surface area contributed by atoms with Crippen LogP contribution >= 0.6 is 11.3 Å². The van der Waals surface area contributed by atoms with E-state index in [2.05, 4.69) is 20.2 Å². The average Bonchev–Trinajstić information content (AvgIpc) is 3.25. The van der Waals surface area contributed by atoms with Gasteiger partial charge in [-0.15, -0.1) is 11.3 Å². The number of nitrogens with zero attached hydrogens (tertiary/aromatic N) is 3. The van der Waals surface area contributed by atoms with E-state index in [1.807, 2.05) is 0 Å². The number of hydrogen-bond acceptors (Lipinski definition) is 7. The number of β-amino-alcohol motifs (C(OH)–C–C–N with tert-alkyl or cyclic N) is 1. The Morgan fingerprint density at radius 3 is 2.96 bits per heavy atom. The topological polar surface area (TPSA) is 87.6 Å². The molecular formula is C18H24N4O3S. The van der Waals surface area contributed by atoms with E-state index >= 15 is 0 Å². The number of carbonyl (C=O) groups excluding carboxylic acids is 1. The summed E-state index contributed by atoms with van der Waals surface area (Å²) in [6.07, 6.45) is 5.68. The highest BCUT2D eigenvalue weighted by molar-refractivity contribution is 7.20. The molecule has 0 saturated carbocycles. The summed E-state index contributed by atoms with van der Waals surface area (Å²) in [4.78, 5) is 25.1. The summed E-state index contributed by atoms with van der Waals surface area (Å²) >= 11 is 1.41. The molecule has 140 valence electrons. The summed E-state index contributed by atoms with van der Waals surface area (Å²) in [5.41, 5.74) is 1.19. The minimum Gasteiger partial charge on any atom is -0.388 e. The van der Waals surface area contributed by atoms with Gasteiger partial charge in [0.1, 0.15) is 10.3 Å². The molecule has 0 spiro atoms. The number of hydrogen-bond donors (Lipinski definition) is 2. The Bertz CT molecular complexity index is 803. The van der Waals surface area contributed by atoms with Gasteiger partial charge in [0, 0.05) is 70.1 Å². The van der Waals surface area contributed by atoms with E-state index in [9.17, 15) is 9.90 Å². The third-order valence-electron chi connectivity index (χ3n) is 5.42. The first-order valence-corrected chi connectivity index (χ1v) is 9.89. The summed E-state index contributed by atoms with van der Waals surface area (Å²) in [5.74, 6) is 0.155. The fraction of sp³-hybridized carbons (Fsp3) is 0.611. The van der Waals surface area contributed by atoms with Gasteiger partial charge < -0.3 is 15.2 Å². The Labute approximate surface area is 156 Å². The van der Waals surface area contributed by atoms with Crippen LogP contribution in [-0.4, -0.2) is 71.4 Å². The zero-order valence-corrected chi connectivity index (χ0v) is 15.7. The lowest BCUT2D eigenvalue weighted by Gasteiger charge is -2.35. The number of aliphatic hydroxyl groups is 1. The monoisotopic (exact) mass is 376 g/mol. The molecule has 4 heterocycles. The van der Waals surface area contributed by atoms with Crippen LogP contribution in [0.2, 0.25) is 0 Å². The minimum atomic E-state index is -0.659. The van der Waals surface area contributed by atoms with E-state index in [4.69, 9.17) is 4.74 Å². The Balaban J connectivity index is 1.57. The second kappa shape index (κ2) is 7.19.